The van der Waals surface area contributed by atoms with Crippen LogP contribution < -0.4 is 16.8 Å². The van der Waals surface area contributed by atoms with E-state index in [-0.39, 0.29) is 18.4 Å². The fourth-order valence-electron chi connectivity index (χ4n) is 0.523. The molecule has 72 valence electrons. The van der Waals surface area contributed by atoms with Gasteiger partial charge < -0.3 is 11.5 Å². The van der Waals surface area contributed by atoms with E-state index in [0.717, 1.165) is 12.8 Å². The molecule has 12 heavy (non-hydrogen) atoms. The van der Waals surface area contributed by atoms with E-state index in [1.807, 2.05) is 6.92 Å². The number of hydrogen-bond donors (Lipinski definition) is 3. The SMILES string of the molecule is CCCCN=C(N)NC(N)=O.Cl. The second-order valence-corrected chi connectivity index (χ2v) is 2.11. The molecule has 0 fully saturated rings. The summed E-state index contributed by atoms with van der Waals surface area (Å²) in [7, 11) is 0. The van der Waals surface area contributed by atoms with Crippen molar-refractivity contribution in [2.75, 3.05) is 6.54 Å². The first kappa shape index (κ1) is 13.6. The monoisotopic (exact) mass is 194 g/mol. The minimum Gasteiger partial charge on any atom is -0.370 e. The Hall–Kier alpha value is -0.970. The molecule has 0 aromatic carbocycles. The first-order valence-electron chi connectivity index (χ1n) is 3.53. The fraction of sp³-hybridized carbons (Fsp3) is 0.667. The van der Waals surface area contributed by atoms with E-state index >= 15 is 0 Å². The zero-order valence-corrected chi connectivity index (χ0v) is 7.86. The van der Waals surface area contributed by atoms with E-state index in [0.29, 0.717) is 6.54 Å². The van der Waals surface area contributed by atoms with Crippen LogP contribution in [0.4, 0.5) is 4.79 Å². The lowest BCUT2D eigenvalue weighted by Crippen LogP contribution is -2.40. The molecular formula is C6H15ClN4O. The van der Waals surface area contributed by atoms with Gasteiger partial charge in [0, 0.05) is 6.54 Å². The van der Waals surface area contributed by atoms with Gasteiger partial charge in [-0.3, -0.25) is 10.3 Å². The number of unbranched alkanes of at least 4 members (excludes halogenated alkanes) is 1. The lowest BCUT2D eigenvalue weighted by Gasteiger charge is -1.98. The second kappa shape index (κ2) is 8.13. The van der Waals surface area contributed by atoms with Crippen molar-refractivity contribution in [1.29, 1.82) is 0 Å². The van der Waals surface area contributed by atoms with Crippen molar-refractivity contribution in [3.8, 4) is 0 Å². The van der Waals surface area contributed by atoms with Crippen LogP contribution in [0, 0.1) is 0 Å². The largest absolute Gasteiger partial charge is 0.370 e. The van der Waals surface area contributed by atoms with Crippen molar-refractivity contribution in [2.24, 2.45) is 16.5 Å². The van der Waals surface area contributed by atoms with Crippen molar-refractivity contribution in [2.45, 2.75) is 19.8 Å². The van der Waals surface area contributed by atoms with Crippen LogP contribution >= 0.6 is 12.4 Å². The van der Waals surface area contributed by atoms with Crippen LogP contribution in [0.15, 0.2) is 4.99 Å². The van der Waals surface area contributed by atoms with Gasteiger partial charge in [-0.2, -0.15) is 0 Å². The Morgan fingerprint density at radius 1 is 1.50 bits per heavy atom. The van der Waals surface area contributed by atoms with Gasteiger partial charge in [0.1, 0.15) is 0 Å². The van der Waals surface area contributed by atoms with Crippen LogP contribution in [0.25, 0.3) is 0 Å². The number of urea groups is 1. The Labute approximate surface area is 78.0 Å². The van der Waals surface area contributed by atoms with Gasteiger partial charge in [-0.15, -0.1) is 12.4 Å². The standard InChI is InChI=1S/C6H14N4O.ClH/c1-2-3-4-9-5(7)10-6(8)11;/h2-4H2,1H3,(H5,7,8,9,10,11);1H. The molecule has 6 heteroatoms. The molecular weight excluding hydrogens is 180 g/mol. The molecule has 0 aliphatic rings. The summed E-state index contributed by atoms with van der Waals surface area (Å²) in [4.78, 5) is 14.0. The van der Waals surface area contributed by atoms with Gasteiger partial charge in [0.25, 0.3) is 0 Å². The maximum absolute atomic E-state index is 10.2. The van der Waals surface area contributed by atoms with E-state index in [9.17, 15) is 4.79 Å². The van der Waals surface area contributed by atoms with Gasteiger partial charge in [-0.05, 0) is 6.42 Å². The Morgan fingerprint density at radius 3 is 2.50 bits per heavy atom. The first-order valence-corrected chi connectivity index (χ1v) is 3.53. The van der Waals surface area contributed by atoms with Gasteiger partial charge in [0.15, 0.2) is 5.96 Å². The van der Waals surface area contributed by atoms with E-state index in [4.69, 9.17) is 11.5 Å². The predicted octanol–water partition coefficient (Wildman–Crippen LogP) is 0.191. The fourth-order valence-corrected chi connectivity index (χ4v) is 0.523. The third-order valence-electron chi connectivity index (χ3n) is 1.05. The first-order chi connectivity index (χ1) is 5.16. The maximum Gasteiger partial charge on any atom is 0.318 e. The predicted molar refractivity (Wildman–Crippen MR) is 51.4 cm³/mol. The van der Waals surface area contributed by atoms with Gasteiger partial charge in [-0.25, -0.2) is 4.79 Å². The lowest BCUT2D eigenvalue weighted by atomic mass is 10.3. The number of aliphatic imine (C=N–C) groups is 1. The minimum absolute atomic E-state index is 0. The summed E-state index contributed by atoms with van der Waals surface area (Å²) in [6, 6.07) is -0.678. The Morgan fingerprint density at radius 2 is 2.08 bits per heavy atom. The van der Waals surface area contributed by atoms with Crippen LogP contribution in [0.1, 0.15) is 19.8 Å². The molecule has 0 unspecified atom stereocenters. The quantitative estimate of drug-likeness (QED) is 0.340. The third kappa shape index (κ3) is 9.03. The van der Waals surface area contributed by atoms with E-state index in [2.05, 4.69) is 10.3 Å². The molecule has 0 saturated heterocycles. The van der Waals surface area contributed by atoms with E-state index in [1.54, 1.807) is 0 Å². The number of carbonyl (C=O) groups excluding carboxylic acids is 1. The van der Waals surface area contributed by atoms with Gasteiger partial charge >= 0.3 is 6.03 Å². The van der Waals surface area contributed by atoms with Crippen molar-refractivity contribution in [3.05, 3.63) is 0 Å². The van der Waals surface area contributed by atoms with Crippen LogP contribution in [-0.2, 0) is 0 Å². The summed E-state index contributed by atoms with van der Waals surface area (Å²) in [6.07, 6.45) is 2.01. The van der Waals surface area contributed by atoms with Gasteiger partial charge in [0.05, 0.1) is 0 Å². The van der Waals surface area contributed by atoms with Crippen LogP contribution in [0.3, 0.4) is 0 Å². The summed E-state index contributed by atoms with van der Waals surface area (Å²) < 4.78 is 0. The van der Waals surface area contributed by atoms with Crippen molar-refractivity contribution < 1.29 is 4.79 Å². The zero-order valence-electron chi connectivity index (χ0n) is 7.04. The number of guanidine groups is 1. The molecule has 0 bridgehead atoms. The molecule has 0 aliphatic carbocycles. The average molecular weight is 195 g/mol. The number of nitrogens with zero attached hydrogens (tertiary/aromatic N) is 1. The zero-order chi connectivity index (χ0) is 8.69. The highest BCUT2D eigenvalue weighted by Gasteiger charge is 1.93. The van der Waals surface area contributed by atoms with E-state index < -0.39 is 6.03 Å². The highest BCUT2D eigenvalue weighted by atomic mass is 35.5. The third-order valence-corrected chi connectivity index (χ3v) is 1.05. The summed E-state index contributed by atoms with van der Waals surface area (Å²) in [5, 5.41) is 2.17. The van der Waals surface area contributed by atoms with Gasteiger partial charge in [0.2, 0.25) is 0 Å². The molecule has 0 spiro atoms. The van der Waals surface area contributed by atoms with Crippen molar-refractivity contribution in [3.63, 3.8) is 0 Å². The van der Waals surface area contributed by atoms with E-state index in [1.165, 1.54) is 0 Å². The summed E-state index contributed by atoms with van der Waals surface area (Å²) in [6.45, 7) is 2.68. The number of nitrogens with one attached hydrogen (secondary N) is 1. The normalized spacial score (nSPS) is 10.2. The molecule has 0 radical (unpaired) electrons. The number of rotatable bonds is 3. The summed E-state index contributed by atoms with van der Waals surface area (Å²) >= 11 is 0. The molecule has 5 nitrogen and oxygen atoms in total. The summed E-state index contributed by atoms with van der Waals surface area (Å²) in [5.41, 5.74) is 10.0. The molecule has 0 heterocycles. The molecule has 2 amide bonds. The molecule has 0 atom stereocenters. The molecule has 0 aromatic heterocycles. The van der Waals surface area contributed by atoms with Crippen LogP contribution in [0.2, 0.25) is 0 Å². The molecule has 0 aliphatic heterocycles. The number of amides is 2. The average Bonchev–Trinajstić information content (AvgIpc) is 1.86. The molecule has 0 aromatic rings. The van der Waals surface area contributed by atoms with Crippen molar-refractivity contribution in [1.82, 2.24) is 5.32 Å². The Bertz CT molecular complexity index is 160. The smallest absolute Gasteiger partial charge is 0.318 e. The minimum atomic E-state index is -0.678. The number of halogens is 1. The second-order valence-electron chi connectivity index (χ2n) is 2.11. The van der Waals surface area contributed by atoms with Crippen LogP contribution in [-0.4, -0.2) is 18.5 Å². The Kier molecular flexibility index (Phi) is 9.22. The number of hydrogen-bond acceptors (Lipinski definition) is 2. The lowest BCUT2D eigenvalue weighted by molar-refractivity contribution is 0.253. The van der Waals surface area contributed by atoms with Gasteiger partial charge in [-0.1, -0.05) is 13.3 Å². The highest BCUT2D eigenvalue weighted by Crippen LogP contribution is 1.85. The maximum atomic E-state index is 10.2. The number of nitrogens with two attached hydrogens (primary N) is 2. The molecule has 0 rings (SSSR count). The van der Waals surface area contributed by atoms with Crippen LogP contribution in [0.5, 0.6) is 0 Å². The molecule has 0 saturated carbocycles. The molecule has 5 N–H and O–H groups in total. The summed E-state index contributed by atoms with van der Waals surface area (Å²) in [5.74, 6) is 0.0888. The number of carbonyl (C=O) groups is 1. The number of primary amides is 1. The Balaban J connectivity index is 0. The van der Waals surface area contributed by atoms with Crippen molar-refractivity contribution >= 4 is 24.4 Å². The topological polar surface area (TPSA) is 93.5 Å². The highest BCUT2D eigenvalue weighted by molar-refractivity contribution is 5.94.